The number of hydrogen-bond donors (Lipinski definition) is 1. The summed E-state index contributed by atoms with van der Waals surface area (Å²) in [5, 5.41) is 4.12. The van der Waals surface area contributed by atoms with Crippen LogP contribution in [-0.4, -0.2) is 42.1 Å². The number of rotatable bonds is 5. The van der Waals surface area contributed by atoms with Gasteiger partial charge in [0.2, 0.25) is 10.0 Å². The lowest BCUT2D eigenvalue weighted by atomic mass is 9.85. The Labute approximate surface area is 127 Å². The molecule has 1 fully saturated rings. The molecule has 1 saturated heterocycles. The molecule has 0 amide bonds. The molecule has 1 aromatic heterocycles. The Bertz CT molecular complexity index is 565. The standard InChI is InChI=1S/C14H26N4O2S/c1-14(2)5-3-9-18(10-6-14)21(19,20)13-11-16-17(12-13)8-4-7-15/h11-12H,3-10,15H2,1-2H3. The van der Waals surface area contributed by atoms with E-state index in [-0.39, 0.29) is 5.41 Å². The summed E-state index contributed by atoms with van der Waals surface area (Å²) >= 11 is 0. The Morgan fingerprint density at radius 2 is 2.10 bits per heavy atom. The van der Waals surface area contributed by atoms with Gasteiger partial charge in [0, 0.05) is 25.8 Å². The Kier molecular flexibility index (Phi) is 5.06. The van der Waals surface area contributed by atoms with Crippen LogP contribution in [0.4, 0.5) is 0 Å². The molecule has 1 aliphatic heterocycles. The minimum Gasteiger partial charge on any atom is -0.330 e. The second-order valence-electron chi connectivity index (χ2n) is 6.50. The van der Waals surface area contributed by atoms with E-state index in [2.05, 4.69) is 18.9 Å². The molecule has 2 rings (SSSR count). The SMILES string of the molecule is CC1(C)CCCN(S(=O)(=O)c2cnn(CCCN)c2)CC1. The zero-order valence-electron chi connectivity index (χ0n) is 13.0. The Morgan fingerprint density at radius 3 is 2.81 bits per heavy atom. The van der Waals surface area contributed by atoms with Crippen molar-refractivity contribution in [1.82, 2.24) is 14.1 Å². The lowest BCUT2D eigenvalue weighted by Gasteiger charge is -2.22. The molecule has 0 unspecified atom stereocenters. The molecule has 2 N–H and O–H groups in total. The maximum atomic E-state index is 12.7. The van der Waals surface area contributed by atoms with E-state index in [0.29, 0.717) is 31.1 Å². The predicted molar refractivity (Wildman–Crippen MR) is 82.3 cm³/mol. The Hall–Kier alpha value is -0.920. The number of sulfonamides is 1. The van der Waals surface area contributed by atoms with Crippen molar-refractivity contribution < 1.29 is 8.42 Å². The van der Waals surface area contributed by atoms with Gasteiger partial charge in [0.15, 0.2) is 0 Å². The number of nitrogens with two attached hydrogens (primary N) is 1. The third-order valence-corrected chi connectivity index (χ3v) is 5.99. The first kappa shape index (κ1) is 16.5. The van der Waals surface area contributed by atoms with Gasteiger partial charge in [-0.15, -0.1) is 0 Å². The van der Waals surface area contributed by atoms with E-state index in [1.807, 2.05) is 0 Å². The fraction of sp³-hybridized carbons (Fsp3) is 0.786. The van der Waals surface area contributed by atoms with Crippen molar-refractivity contribution in [2.45, 2.75) is 51.0 Å². The van der Waals surface area contributed by atoms with Crippen LogP contribution in [-0.2, 0) is 16.6 Å². The highest BCUT2D eigenvalue weighted by Crippen LogP contribution is 2.31. The van der Waals surface area contributed by atoms with Gasteiger partial charge in [0.25, 0.3) is 0 Å². The van der Waals surface area contributed by atoms with E-state index >= 15 is 0 Å². The fourth-order valence-electron chi connectivity index (χ4n) is 2.64. The molecule has 2 heterocycles. The van der Waals surface area contributed by atoms with Crippen LogP contribution in [0.2, 0.25) is 0 Å². The van der Waals surface area contributed by atoms with Crippen LogP contribution < -0.4 is 5.73 Å². The molecular weight excluding hydrogens is 288 g/mol. The van der Waals surface area contributed by atoms with Crippen LogP contribution in [0.1, 0.15) is 39.5 Å². The molecule has 21 heavy (non-hydrogen) atoms. The quantitative estimate of drug-likeness (QED) is 0.891. The first-order chi connectivity index (χ1) is 9.85. The van der Waals surface area contributed by atoms with Gasteiger partial charge in [0.1, 0.15) is 4.90 Å². The second-order valence-corrected chi connectivity index (χ2v) is 8.44. The molecular formula is C14H26N4O2S. The van der Waals surface area contributed by atoms with Gasteiger partial charge >= 0.3 is 0 Å². The largest absolute Gasteiger partial charge is 0.330 e. The Balaban J connectivity index is 2.12. The molecule has 1 aliphatic rings. The van der Waals surface area contributed by atoms with Crippen molar-refractivity contribution in [1.29, 1.82) is 0 Å². The van der Waals surface area contributed by atoms with Crippen molar-refractivity contribution in [2.24, 2.45) is 11.1 Å². The fourth-order valence-corrected chi connectivity index (χ4v) is 4.08. The molecule has 1 aromatic rings. The average Bonchev–Trinajstić information content (AvgIpc) is 2.81. The number of nitrogens with zero attached hydrogens (tertiary/aromatic N) is 3. The molecule has 0 aliphatic carbocycles. The topological polar surface area (TPSA) is 81.2 Å². The summed E-state index contributed by atoms with van der Waals surface area (Å²) in [6, 6.07) is 0. The highest BCUT2D eigenvalue weighted by molar-refractivity contribution is 7.89. The van der Waals surface area contributed by atoms with Gasteiger partial charge in [-0.25, -0.2) is 8.42 Å². The molecule has 0 saturated carbocycles. The van der Waals surface area contributed by atoms with Crippen LogP contribution in [0.25, 0.3) is 0 Å². The first-order valence-corrected chi connectivity index (χ1v) is 9.02. The maximum absolute atomic E-state index is 12.7. The predicted octanol–water partition coefficient (Wildman–Crippen LogP) is 1.43. The number of aromatic nitrogens is 2. The van der Waals surface area contributed by atoms with E-state index in [4.69, 9.17) is 5.73 Å². The van der Waals surface area contributed by atoms with Crippen LogP contribution in [0.3, 0.4) is 0 Å². The number of hydrogen-bond acceptors (Lipinski definition) is 4. The maximum Gasteiger partial charge on any atom is 0.246 e. The van der Waals surface area contributed by atoms with E-state index in [9.17, 15) is 8.42 Å². The lowest BCUT2D eigenvalue weighted by Crippen LogP contribution is -2.32. The summed E-state index contributed by atoms with van der Waals surface area (Å²) < 4.78 is 28.6. The number of aryl methyl sites for hydroxylation is 1. The molecule has 0 bridgehead atoms. The van der Waals surface area contributed by atoms with Crippen molar-refractivity contribution in [3.8, 4) is 0 Å². The average molecular weight is 314 g/mol. The van der Waals surface area contributed by atoms with E-state index in [1.54, 1.807) is 15.2 Å². The van der Waals surface area contributed by atoms with Gasteiger partial charge in [0.05, 0.1) is 6.20 Å². The van der Waals surface area contributed by atoms with Gasteiger partial charge in [-0.3, -0.25) is 4.68 Å². The third-order valence-electron chi connectivity index (χ3n) is 4.14. The summed E-state index contributed by atoms with van der Waals surface area (Å²) in [4.78, 5) is 0.291. The normalized spacial score (nSPS) is 20.3. The van der Waals surface area contributed by atoms with Gasteiger partial charge in [-0.2, -0.15) is 9.40 Å². The second kappa shape index (κ2) is 6.46. The molecule has 7 heteroatoms. The van der Waals surface area contributed by atoms with E-state index in [1.165, 1.54) is 6.20 Å². The first-order valence-electron chi connectivity index (χ1n) is 7.58. The van der Waals surface area contributed by atoms with Crippen molar-refractivity contribution in [3.05, 3.63) is 12.4 Å². The zero-order valence-corrected chi connectivity index (χ0v) is 13.8. The van der Waals surface area contributed by atoms with E-state index < -0.39 is 10.0 Å². The summed E-state index contributed by atoms with van der Waals surface area (Å²) in [6.45, 7) is 6.81. The smallest absolute Gasteiger partial charge is 0.246 e. The van der Waals surface area contributed by atoms with E-state index in [0.717, 1.165) is 25.7 Å². The summed E-state index contributed by atoms with van der Waals surface area (Å²) in [7, 11) is -3.42. The highest BCUT2D eigenvalue weighted by atomic mass is 32.2. The zero-order chi connectivity index (χ0) is 15.5. The minimum absolute atomic E-state index is 0.218. The van der Waals surface area contributed by atoms with Crippen LogP contribution in [0.5, 0.6) is 0 Å². The minimum atomic E-state index is -3.42. The molecule has 6 nitrogen and oxygen atoms in total. The monoisotopic (exact) mass is 314 g/mol. The molecule has 0 atom stereocenters. The molecule has 0 radical (unpaired) electrons. The van der Waals surface area contributed by atoms with Gasteiger partial charge in [-0.1, -0.05) is 13.8 Å². The van der Waals surface area contributed by atoms with Crippen LogP contribution in [0.15, 0.2) is 17.3 Å². The van der Waals surface area contributed by atoms with Crippen LogP contribution >= 0.6 is 0 Å². The van der Waals surface area contributed by atoms with Crippen molar-refractivity contribution in [3.63, 3.8) is 0 Å². The molecule has 0 aromatic carbocycles. The van der Waals surface area contributed by atoms with Gasteiger partial charge < -0.3 is 5.73 Å². The van der Waals surface area contributed by atoms with Crippen molar-refractivity contribution in [2.75, 3.05) is 19.6 Å². The highest BCUT2D eigenvalue weighted by Gasteiger charge is 2.31. The molecule has 0 spiro atoms. The lowest BCUT2D eigenvalue weighted by molar-refractivity contribution is 0.315. The summed E-state index contributed by atoms with van der Waals surface area (Å²) in [6.07, 6.45) is 6.72. The third kappa shape index (κ3) is 4.05. The summed E-state index contributed by atoms with van der Waals surface area (Å²) in [5.74, 6) is 0. The van der Waals surface area contributed by atoms with Crippen molar-refractivity contribution >= 4 is 10.0 Å². The van der Waals surface area contributed by atoms with Crippen LogP contribution in [0, 0.1) is 5.41 Å². The van der Waals surface area contributed by atoms with Gasteiger partial charge in [-0.05, 0) is 37.6 Å². The molecule has 120 valence electrons. The Morgan fingerprint density at radius 1 is 1.33 bits per heavy atom. The summed E-state index contributed by atoms with van der Waals surface area (Å²) in [5.41, 5.74) is 5.68.